The molecule has 2 aromatic carbocycles. The monoisotopic (exact) mass is 440 g/mol. The minimum Gasteiger partial charge on any atom is -0.495 e. The summed E-state index contributed by atoms with van der Waals surface area (Å²) in [4.78, 5) is 15.8. The summed E-state index contributed by atoms with van der Waals surface area (Å²) in [7, 11) is 1.52. The van der Waals surface area contributed by atoms with E-state index in [1.54, 1.807) is 23.5 Å². The molecule has 0 radical (unpaired) electrons. The number of aromatic carboxylic acids is 1. The lowest BCUT2D eigenvalue weighted by Crippen LogP contribution is -2.04. The van der Waals surface area contributed by atoms with E-state index < -0.39 is 5.97 Å². The van der Waals surface area contributed by atoms with Gasteiger partial charge in [-0.3, -0.25) is 0 Å². The van der Waals surface area contributed by atoms with Gasteiger partial charge < -0.3 is 14.6 Å². The van der Waals surface area contributed by atoms with Crippen LogP contribution in [0.4, 0.5) is 5.69 Å². The molecule has 156 valence electrons. The molecule has 1 aliphatic rings. The molecule has 0 saturated heterocycles. The van der Waals surface area contributed by atoms with Crippen molar-refractivity contribution in [3.8, 4) is 16.3 Å². The number of nitrogens with zero attached hydrogens (tertiary/aromatic N) is 1. The van der Waals surface area contributed by atoms with Crippen molar-refractivity contribution in [1.82, 2.24) is 4.98 Å². The number of aromatic nitrogens is 1. The third-order valence-corrected chi connectivity index (χ3v) is 7.21. The zero-order chi connectivity index (χ0) is 20.9. The molecule has 1 saturated carbocycles. The number of rotatable bonds is 7. The number of carboxylic acid groups (broad SMARTS) is 1. The second-order valence-electron chi connectivity index (χ2n) is 7.37. The molecule has 0 bridgehead atoms. The largest absolute Gasteiger partial charge is 0.495 e. The maximum atomic E-state index is 11.1. The number of carboxylic acids is 1. The average Bonchev–Trinajstić information content (AvgIpc) is 3.27. The fraction of sp³-hybridized carbons (Fsp3) is 0.304. The molecule has 0 unspecified atom stereocenters. The number of hydrogen-bond acceptors (Lipinski definition) is 6. The smallest absolute Gasteiger partial charge is 0.335 e. The number of carbonyl (C=O) groups is 1. The van der Waals surface area contributed by atoms with E-state index in [4.69, 9.17) is 14.8 Å². The highest BCUT2D eigenvalue weighted by Crippen LogP contribution is 2.35. The summed E-state index contributed by atoms with van der Waals surface area (Å²) >= 11 is 3.00. The number of anilines is 1. The maximum Gasteiger partial charge on any atom is 0.335 e. The van der Waals surface area contributed by atoms with Crippen molar-refractivity contribution in [2.45, 2.75) is 43.0 Å². The molecule has 1 aromatic heterocycles. The Morgan fingerprint density at radius 1 is 1.17 bits per heavy atom. The van der Waals surface area contributed by atoms with Gasteiger partial charge in [0, 0.05) is 22.9 Å². The molecule has 7 heteroatoms. The second kappa shape index (κ2) is 9.53. The van der Waals surface area contributed by atoms with Crippen LogP contribution in [0.1, 0.15) is 53.9 Å². The Morgan fingerprint density at radius 3 is 2.63 bits per heavy atom. The Kier molecular flexibility index (Phi) is 6.59. The van der Waals surface area contributed by atoms with Crippen molar-refractivity contribution >= 4 is 34.9 Å². The predicted octanol–water partition coefficient (Wildman–Crippen LogP) is 6.68. The fourth-order valence-electron chi connectivity index (χ4n) is 3.79. The van der Waals surface area contributed by atoms with Gasteiger partial charge in [-0.25, -0.2) is 9.78 Å². The van der Waals surface area contributed by atoms with Crippen molar-refractivity contribution < 1.29 is 14.6 Å². The first-order chi connectivity index (χ1) is 14.6. The van der Waals surface area contributed by atoms with Gasteiger partial charge in [-0.2, -0.15) is 0 Å². The normalized spacial score (nSPS) is 14.4. The molecule has 1 fully saturated rings. The Morgan fingerprint density at radius 2 is 1.93 bits per heavy atom. The van der Waals surface area contributed by atoms with Crippen LogP contribution in [-0.4, -0.2) is 23.2 Å². The Balaban J connectivity index is 1.41. The predicted molar refractivity (Wildman–Crippen MR) is 123 cm³/mol. The fourth-order valence-corrected chi connectivity index (χ4v) is 5.39. The Bertz CT molecular complexity index is 1010. The van der Waals surface area contributed by atoms with Crippen LogP contribution in [0.25, 0.3) is 10.6 Å². The van der Waals surface area contributed by atoms with E-state index in [9.17, 15) is 4.79 Å². The highest BCUT2D eigenvalue weighted by molar-refractivity contribution is 8.00. The lowest BCUT2D eigenvalue weighted by atomic mass is 9.84. The van der Waals surface area contributed by atoms with E-state index in [1.807, 2.05) is 5.38 Å². The van der Waals surface area contributed by atoms with E-state index in [2.05, 4.69) is 29.0 Å². The molecule has 1 aliphatic carbocycles. The van der Waals surface area contributed by atoms with Gasteiger partial charge in [-0.15, -0.1) is 11.3 Å². The van der Waals surface area contributed by atoms with Gasteiger partial charge >= 0.3 is 5.97 Å². The number of nitrogens with one attached hydrogen (secondary N) is 1. The van der Waals surface area contributed by atoms with Crippen LogP contribution in [-0.2, 0) is 0 Å². The molecule has 2 N–H and O–H groups in total. The van der Waals surface area contributed by atoms with E-state index in [1.165, 1.54) is 62.8 Å². The molecule has 3 aromatic rings. The van der Waals surface area contributed by atoms with Gasteiger partial charge in [0.1, 0.15) is 15.8 Å². The molecule has 0 amide bonds. The first kappa shape index (κ1) is 20.8. The third-order valence-electron chi connectivity index (χ3n) is 5.43. The lowest BCUT2D eigenvalue weighted by Gasteiger charge is -2.21. The molecular formula is C23H24N2O3S2. The summed E-state index contributed by atoms with van der Waals surface area (Å²) in [6, 6.07) is 13.6. The van der Waals surface area contributed by atoms with Crippen LogP contribution in [0.2, 0.25) is 0 Å². The number of hydrogen-bond donors (Lipinski definition) is 2. The van der Waals surface area contributed by atoms with E-state index in [-0.39, 0.29) is 5.56 Å². The van der Waals surface area contributed by atoms with Crippen LogP contribution in [0.3, 0.4) is 0 Å². The number of thiazole rings is 1. The van der Waals surface area contributed by atoms with Gasteiger partial charge in [0.05, 0.1) is 18.4 Å². The van der Waals surface area contributed by atoms with Gasteiger partial charge in [-0.05, 0) is 42.5 Å². The summed E-state index contributed by atoms with van der Waals surface area (Å²) < 4.78 is 8.51. The van der Waals surface area contributed by atoms with E-state index in [0.717, 1.165) is 15.6 Å². The van der Waals surface area contributed by atoms with E-state index in [0.29, 0.717) is 17.4 Å². The highest BCUT2D eigenvalue weighted by atomic mass is 32.2. The Hall–Kier alpha value is -2.51. The van der Waals surface area contributed by atoms with Crippen LogP contribution in [0.15, 0.2) is 52.9 Å². The second-order valence-corrected chi connectivity index (χ2v) is 9.06. The van der Waals surface area contributed by atoms with Crippen LogP contribution >= 0.6 is 23.3 Å². The number of benzene rings is 2. The van der Waals surface area contributed by atoms with Crippen LogP contribution in [0, 0.1) is 0 Å². The zero-order valence-corrected chi connectivity index (χ0v) is 18.4. The lowest BCUT2D eigenvalue weighted by molar-refractivity contribution is 0.0696. The standard InChI is InChI=1S/C23H24N2O3S2/c1-28-20-13-18(23(26)27)11-12-19(20)25-30-21-14-29-22(24-21)17-9-7-16(8-10-17)15-5-3-2-4-6-15/h7-15,25H,2-6H2,1H3,(H,26,27). The molecule has 4 rings (SSSR count). The van der Waals surface area contributed by atoms with Gasteiger partial charge in [0.25, 0.3) is 0 Å². The minimum atomic E-state index is -0.980. The first-order valence-corrected chi connectivity index (χ1v) is 11.7. The van der Waals surface area contributed by atoms with Gasteiger partial charge in [0.15, 0.2) is 0 Å². The molecule has 30 heavy (non-hydrogen) atoms. The van der Waals surface area contributed by atoms with Crippen molar-refractivity contribution in [1.29, 1.82) is 0 Å². The summed E-state index contributed by atoms with van der Waals surface area (Å²) in [5, 5.41) is 13.0. The topological polar surface area (TPSA) is 71.5 Å². The van der Waals surface area contributed by atoms with Crippen LogP contribution < -0.4 is 9.46 Å². The van der Waals surface area contributed by atoms with Crippen molar-refractivity contribution in [2.24, 2.45) is 0 Å². The van der Waals surface area contributed by atoms with Crippen molar-refractivity contribution in [2.75, 3.05) is 11.8 Å². The third kappa shape index (κ3) is 4.79. The van der Waals surface area contributed by atoms with Crippen molar-refractivity contribution in [3.05, 3.63) is 59.0 Å². The van der Waals surface area contributed by atoms with Gasteiger partial charge in [-0.1, -0.05) is 43.5 Å². The summed E-state index contributed by atoms with van der Waals surface area (Å²) in [6.45, 7) is 0. The molecule has 1 heterocycles. The molecular weight excluding hydrogens is 416 g/mol. The SMILES string of the molecule is COc1cc(C(=O)O)ccc1NSc1csc(-c2ccc(C3CCCCC3)cc2)n1. The molecule has 5 nitrogen and oxygen atoms in total. The summed E-state index contributed by atoms with van der Waals surface area (Å²) in [5.41, 5.74) is 3.48. The quantitative estimate of drug-likeness (QED) is 0.399. The van der Waals surface area contributed by atoms with Crippen LogP contribution in [0.5, 0.6) is 5.75 Å². The molecule has 0 aliphatic heterocycles. The zero-order valence-electron chi connectivity index (χ0n) is 16.8. The van der Waals surface area contributed by atoms with Gasteiger partial charge in [0.2, 0.25) is 0 Å². The maximum absolute atomic E-state index is 11.1. The number of methoxy groups -OCH3 is 1. The first-order valence-electron chi connectivity index (χ1n) is 10.0. The van der Waals surface area contributed by atoms with Crippen molar-refractivity contribution in [3.63, 3.8) is 0 Å². The average molecular weight is 441 g/mol. The molecule has 0 spiro atoms. The minimum absolute atomic E-state index is 0.190. The van der Waals surface area contributed by atoms with E-state index >= 15 is 0 Å². The number of ether oxygens (including phenoxy) is 1. The summed E-state index contributed by atoms with van der Waals surface area (Å²) in [5.74, 6) is 0.212. The summed E-state index contributed by atoms with van der Waals surface area (Å²) in [6.07, 6.45) is 6.67. The highest BCUT2D eigenvalue weighted by Gasteiger charge is 2.16. The Labute approximate surface area is 184 Å². The molecule has 0 atom stereocenters.